The van der Waals surface area contributed by atoms with Crippen LogP contribution in [0.25, 0.3) is 0 Å². The van der Waals surface area contributed by atoms with Crippen molar-refractivity contribution >= 4 is 11.9 Å². The fourth-order valence-corrected chi connectivity index (χ4v) is 1.30. The molecule has 6 nitrogen and oxygen atoms in total. The molecule has 0 saturated heterocycles. The molecule has 0 heterocycles. The van der Waals surface area contributed by atoms with Crippen molar-refractivity contribution in [1.82, 2.24) is 0 Å². The van der Waals surface area contributed by atoms with Gasteiger partial charge in [0.05, 0.1) is 10.8 Å². The van der Waals surface area contributed by atoms with Gasteiger partial charge in [0.25, 0.3) is 5.79 Å². The van der Waals surface area contributed by atoms with E-state index < -0.39 is 28.6 Å². The normalized spacial score (nSPS) is 12.9. The van der Waals surface area contributed by atoms with Crippen LogP contribution in [-0.4, -0.2) is 17.7 Å². The van der Waals surface area contributed by atoms with Crippen LogP contribution in [0.2, 0.25) is 0 Å². The summed E-state index contributed by atoms with van der Waals surface area (Å²) in [4.78, 5) is 43.7. The van der Waals surface area contributed by atoms with E-state index in [0.29, 0.717) is 6.42 Å². The van der Waals surface area contributed by atoms with Crippen molar-refractivity contribution in [3.05, 3.63) is 0 Å². The number of unbranched alkanes of at least 4 members (excludes halogenated alkanes) is 2. The average molecular weight is 332 g/mol. The molecule has 0 aromatic heterocycles. The van der Waals surface area contributed by atoms with Crippen molar-refractivity contribution in [1.29, 1.82) is 0 Å². The van der Waals surface area contributed by atoms with Crippen LogP contribution in [0.15, 0.2) is 0 Å². The molecular weight excluding hydrogens is 300 g/mol. The SMILES string of the molecule is CCCCCC(C)(OOC(=O)C(C)(C)C)OOC(=O)C(C)(C)C. The average Bonchev–Trinajstić information content (AvgIpc) is 2.40. The summed E-state index contributed by atoms with van der Waals surface area (Å²) >= 11 is 0. The molecule has 0 aliphatic heterocycles. The van der Waals surface area contributed by atoms with Gasteiger partial charge in [-0.05, 0) is 54.9 Å². The molecule has 23 heavy (non-hydrogen) atoms. The Hall–Kier alpha value is -1.14. The minimum absolute atomic E-state index is 0.426. The Morgan fingerprint density at radius 2 is 1.13 bits per heavy atom. The lowest BCUT2D eigenvalue weighted by Crippen LogP contribution is -2.37. The topological polar surface area (TPSA) is 71.1 Å². The van der Waals surface area contributed by atoms with E-state index in [9.17, 15) is 9.59 Å². The third-order valence-corrected chi connectivity index (χ3v) is 3.05. The Morgan fingerprint density at radius 3 is 1.43 bits per heavy atom. The summed E-state index contributed by atoms with van der Waals surface area (Å²) in [6, 6.07) is 0. The van der Waals surface area contributed by atoms with E-state index in [1.807, 2.05) is 0 Å². The number of hydrogen-bond donors (Lipinski definition) is 0. The summed E-state index contributed by atoms with van der Waals surface area (Å²) in [6.45, 7) is 13.9. The summed E-state index contributed by atoms with van der Waals surface area (Å²) in [6.07, 6.45) is 3.19. The second-order valence-electron chi connectivity index (χ2n) is 8.00. The highest BCUT2D eigenvalue weighted by molar-refractivity contribution is 5.75. The van der Waals surface area contributed by atoms with E-state index in [1.54, 1.807) is 48.5 Å². The van der Waals surface area contributed by atoms with Crippen molar-refractivity contribution in [2.75, 3.05) is 0 Å². The standard InChI is InChI=1S/C17H32O6/c1-9-10-11-12-17(8,22-20-13(18)15(2,3)4)23-21-14(19)16(5,6)7/h9-12H2,1-8H3. The summed E-state index contributed by atoms with van der Waals surface area (Å²) in [5.74, 6) is -2.38. The summed E-state index contributed by atoms with van der Waals surface area (Å²) in [7, 11) is 0. The maximum Gasteiger partial charge on any atom is 0.347 e. The van der Waals surface area contributed by atoms with Gasteiger partial charge >= 0.3 is 11.9 Å². The first-order chi connectivity index (χ1) is 10.3. The van der Waals surface area contributed by atoms with Gasteiger partial charge < -0.3 is 0 Å². The van der Waals surface area contributed by atoms with Gasteiger partial charge in [-0.2, -0.15) is 0 Å². The third kappa shape index (κ3) is 8.91. The number of carbonyl (C=O) groups excluding carboxylic acids is 2. The van der Waals surface area contributed by atoms with Crippen LogP contribution < -0.4 is 0 Å². The first-order valence-corrected chi connectivity index (χ1v) is 8.12. The Morgan fingerprint density at radius 1 is 0.739 bits per heavy atom. The maximum atomic E-state index is 11.8. The monoisotopic (exact) mass is 332 g/mol. The van der Waals surface area contributed by atoms with Crippen LogP contribution in [0, 0.1) is 10.8 Å². The van der Waals surface area contributed by atoms with Crippen molar-refractivity contribution in [3.63, 3.8) is 0 Å². The molecule has 0 aliphatic carbocycles. The number of rotatable bonds is 8. The maximum absolute atomic E-state index is 11.8. The van der Waals surface area contributed by atoms with E-state index in [2.05, 4.69) is 6.92 Å². The van der Waals surface area contributed by atoms with Crippen molar-refractivity contribution in [3.8, 4) is 0 Å². The quantitative estimate of drug-likeness (QED) is 0.285. The second kappa shape index (κ2) is 8.64. The van der Waals surface area contributed by atoms with Gasteiger partial charge in [0, 0.05) is 6.42 Å². The lowest BCUT2D eigenvalue weighted by atomic mass is 9.98. The van der Waals surface area contributed by atoms with Gasteiger partial charge in [0.1, 0.15) is 0 Å². The van der Waals surface area contributed by atoms with Crippen LogP contribution in [0.1, 0.15) is 81.1 Å². The summed E-state index contributed by atoms with van der Waals surface area (Å²) in [5, 5.41) is 0. The van der Waals surface area contributed by atoms with Crippen molar-refractivity contribution < 1.29 is 29.1 Å². The van der Waals surface area contributed by atoms with Crippen LogP contribution >= 0.6 is 0 Å². The zero-order chi connectivity index (χ0) is 18.3. The van der Waals surface area contributed by atoms with E-state index in [0.717, 1.165) is 19.3 Å². The van der Waals surface area contributed by atoms with E-state index >= 15 is 0 Å². The minimum atomic E-state index is -1.34. The third-order valence-electron chi connectivity index (χ3n) is 3.05. The van der Waals surface area contributed by atoms with Crippen LogP contribution in [0.3, 0.4) is 0 Å². The molecule has 0 saturated carbocycles. The molecule has 0 bridgehead atoms. The summed E-state index contributed by atoms with van der Waals surface area (Å²) in [5.41, 5.74) is -1.40. The van der Waals surface area contributed by atoms with Gasteiger partial charge in [0.2, 0.25) is 0 Å². The van der Waals surface area contributed by atoms with Gasteiger partial charge in [-0.1, -0.05) is 19.8 Å². The van der Waals surface area contributed by atoms with Gasteiger partial charge in [0.15, 0.2) is 0 Å². The van der Waals surface area contributed by atoms with Gasteiger partial charge in [-0.15, -0.1) is 9.78 Å². The molecule has 136 valence electrons. The Labute approximate surface area is 139 Å². The predicted molar refractivity (Wildman–Crippen MR) is 85.8 cm³/mol. The molecule has 6 heteroatoms. The lowest BCUT2D eigenvalue weighted by Gasteiger charge is -2.28. The molecule has 0 amide bonds. The smallest absolute Gasteiger partial charge is 0.295 e. The largest absolute Gasteiger partial charge is 0.347 e. The minimum Gasteiger partial charge on any atom is -0.295 e. The first-order valence-electron chi connectivity index (χ1n) is 8.12. The fraction of sp³-hybridized carbons (Fsp3) is 0.882. The highest BCUT2D eigenvalue weighted by Crippen LogP contribution is 2.26. The van der Waals surface area contributed by atoms with E-state index in [1.165, 1.54) is 0 Å². The highest BCUT2D eigenvalue weighted by Gasteiger charge is 2.36. The Kier molecular flexibility index (Phi) is 8.21. The molecule has 0 unspecified atom stereocenters. The molecular formula is C17H32O6. The zero-order valence-electron chi connectivity index (χ0n) is 15.8. The molecule has 0 aromatic carbocycles. The highest BCUT2D eigenvalue weighted by atomic mass is 17.3. The van der Waals surface area contributed by atoms with E-state index in [-0.39, 0.29) is 0 Å². The molecule has 0 radical (unpaired) electrons. The fourth-order valence-electron chi connectivity index (χ4n) is 1.30. The van der Waals surface area contributed by atoms with Crippen LogP contribution in [0.5, 0.6) is 0 Å². The van der Waals surface area contributed by atoms with Crippen LogP contribution in [-0.2, 0) is 29.1 Å². The van der Waals surface area contributed by atoms with Gasteiger partial charge in [-0.3, -0.25) is 9.78 Å². The molecule has 0 atom stereocenters. The summed E-state index contributed by atoms with van der Waals surface area (Å²) < 4.78 is 0. The Balaban J connectivity index is 4.75. The lowest BCUT2D eigenvalue weighted by molar-refractivity contribution is -0.480. The first kappa shape index (κ1) is 21.9. The molecule has 0 aliphatic rings. The van der Waals surface area contributed by atoms with E-state index in [4.69, 9.17) is 19.6 Å². The molecule has 0 aromatic rings. The molecule has 0 rings (SSSR count). The zero-order valence-corrected chi connectivity index (χ0v) is 15.8. The van der Waals surface area contributed by atoms with Gasteiger partial charge in [-0.25, -0.2) is 9.59 Å². The second-order valence-corrected chi connectivity index (χ2v) is 8.00. The number of hydrogen-bond acceptors (Lipinski definition) is 6. The van der Waals surface area contributed by atoms with Crippen molar-refractivity contribution in [2.24, 2.45) is 10.8 Å². The molecule has 0 spiro atoms. The molecule has 0 N–H and O–H groups in total. The number of carbonyl (C=O) groups is 2. The predicted octanol–water partition coefficient (Wildman–Crippen LogP) is 4.32. The Bertz CT molecular complexity index is 359. The molecule has 0 fully saturated rings. The van der Waals surface area contributed by atoms with Crippen molar-refractivity contribution in [2.45, 2.75) is 86.9 Å². The van der Waals surface area contributed by atoms with Crippen LogP contribution in [0.4, 0.5) is 0 Å².